The van der Waals surface area contributed by atoms with Crippen molar-refractivity contribution in [1.29, 1.82) is 0 Å². The lowest BCUT2D eigenvalue weighted by molar-refractivity contribution is 0.0526. The van der Waals surface area contributed by atoms with Crippen LogP contribution in [0.1, 0.15) is 17.3 Å². The number of carbonyl (C=O) groups is 1. The standard InChI is InChI=1S/C15H13FO5S/c1-2-20-15(17)11-6-8-14(9-7-11)22(18,19)21-13-5-3-4-12(16)10-13/h3-10H,2H2,1H3. The number of ether oxygens (including phenoxy) is 1. The first-order chi connectivity index (χ1) is 10.4. The minimum Gasteiger partial charge on any atom is -0.462 e. The summed E-state index contributed by atoms with van der Waals surface area (Å²) in [6.45, 7) is 1.89. The lowest BCUT2D eigenvalue weighted by Crippen LogP contribution is -2.11. The minimum atomic E-state index is -4.10. The molecule has 0 saturated heterocycles. The highest BCUT2D eigenvalue weighted by atomic mass is 32.2. The van der Waals surface area contributed by atoms with Crippen LogP contribution in [0.15, 0.2) is 53.4 Å². The van der Waals surface area contributed by atoms with Gasteiger partial charge >= 0.3 is 16.1 Å². The molecule has 0 atom stereocenters. The molecule has 0 fully saturated rings. The predicted molar refractivity (Wildman–Crippen MR) is 76.6 cm³/mol. The molecule has 0 unspecified atom stereocenters. The molecular formula is C15H13FO5S. The third kappa shape index (κ3) is 3.82. The molecule has 5 nitrogen and oxygen atoms in total. The maximum Gasteiger partial charge on any atom is 0.339 e. The van der Waals surface area contributed by atoms with Gasteiger partial charge in [-0.1, -0.05) is 6.07 Å². The zero-order chi connectivity index (χ0) is 16.2. The van der Waals surface area contributed by atoms with Gasteiger partial charge in [0.15, 0.2) is 0 Å². The summed E-state index contributed by atoms with van der Waals surface area (Å²) in [5.74, 6) is -1.28. The van der Waals surface area contributed by atoms with Crippen LogP contribution < -0.4 is 4.18 Å². The fourth-order valence-electron chi connectivity index (χ4n) is 1.67. The first kappa shape index (κ1) is 16.0. The number of hydrogen-bond acceptors (Lipinski definition) is 5. The van der Waals surface area contributed by atoms with Gasteiger partial charge in [0.1, 0.15) is 16.5 Å². The first-order valence-electron chi connectivity index (χ1n) is 6.39. The molecular weight excluding hydrogens is 311 g/mol. The highest BCUT2D eigenvalue weighted by molar-refractivity contribution is 7.87. The summed E-state index contributed by atoms with van der Waals surface area (Å²) in [6, 6.07) is 9.89. The lowest BCUT2D eigenvalue weighted by atomic mass is 10.2. The van der Waals surface area contributed by atoms with Gasteiger partial charge in [-0.3, -0.25) is 0 Å². The molecule has 116 valence electrons. The van der Waals surface area contributed by atoms with Crippen LogP contribution in [-0.4, -0.2) is 21.0 Å². The number of esters is 1. The summed E-state index contributed by atoms with van der Waals surface area (Å²) in [4.78, 5) is 11.3. The summed E-state index contributed by atoms with van der Waals surface area (Å²) < 4.78 is 46.8. The van der Waals surface area contributed by atoms with E-state index in [4.69, 9.17) is 8.92 Å². The smallest absolute Gasteiger partial charge is 0.339 e. The van der Waals surface area contributed by atoms with Crippen molar-refractivity contribution >= 4 is 16.1 Å². The van der Waals surface area contributed by atoms with Gasteiger partial charge in [-0.2, -0.15) is 8.42 Å². The topological polar surface area (TPSA) is 69.7 Å². The van der Waals surface area contributed by atoms with Crippen LogP contribution in [-0.2, 0) is 14.9 Å². The summed E-state index contributed by atoms with van der Waals surface area (Å²) in [6.07, 6.45) is 0. The average Bonchev–Trinajstić information content (AvgIpc) is 2.47. The Balaban J connectivity index is 2.21. The number of carbonyl (C=O) groups excluding carboxylic acids is 1. The van der Waals surface area contributed by atoms with Gasteiger partial charge in [-0.05, 0) is 43.3 Å². The van der Waals surface area contributed by atoms with E-state index in [1.165, 1.54) is 42.5 Å². The Kier molecular flexibility index (Phi) is 4.77. The summed E-state index contributed by atoms with van der Waals surface area (Å²) in [7, 11) is -4.10. The van der Waals surface area contributed by atoms with Crippen LogP contribution in [0, 0.1) is 5.82 Å². The van der Waals surface area contributed by atoms with E-state index < -0.39 is 21.9 Å². The summed E-state index contributed by atoms with van der Waals surface area (Å²) in [5, 5.41) is 0. The number of halogens is 1. The van der Waals surface area contributed by atoms with Crippen LogP contribution in [0.2, 0.25) is 0 Å². The van der Waals surface area contributed by atoms with Crippen LogP contribution >= 0.6 is 0 Å². The number of benzene rings is 2. The van der Waals surface area contributed by atoms with Crippen molar-refractivity contribution in [2.24, 2.45) is 0 Å². The zero-order valence-electron chi connectivity index (χ0n) is 11.7. The van der Waals surface area contributed by atoms with Crippen LogP contribution in [0.4, 0.5) is 4.39 Å². The zero-order valence-corrected chi connectivity index (χ0v) is 12.5. The van der Waals surface area contributed by atoms with E-state index in [0.29, 0.717) is 0 Å². The molecule has 0 saturated carbocycles. The fraction of sp³-hybridized carbons (Fsp3) is 0.133. The highest BCUT2D eigenvalue weighted by Crippen LogP contribution is 2.20. The predicted octanol–water partition coefficient (Wildman–Crippen LogP) is 2.77. The monoisotopic (exact) mass is 324 g/mol. The van der Waals surface area contributed by atoms with Crippen molar-refractivity contribution in [3.8, 4) is 5.75 Å². The molecule has 0 radical (unpaired) electrons. The molecule has 0 N–H and O–H groups in total. The van der Waals surface area contributed by atoms with Gasteiger partial charge in [0, 0.05) is 6.07 Å². The quantitative estimate of drug-likeness (QED) is 0.625. The minimum absolute atomic E-state index is 0.130. The molecule has 0 aliphatic heterocycles. The Morgan fingerprint density at radius 2 is 1.82 bits per heavy atom. The van der Waals surface area contributed by atoms with Gasteiger partial charge in [-0.25, -0.2) is 9.18 Å². The Morgan fingerprint density at radius 3 is 2.41 bits per heavy atom. The first-order valence-corrected chi connectivity index (χ1v) is 7.80. The van der Waals surface area contributed by atoms with Crippen molar-refractivity contribution in [3.05, 3.63) is 59.9 Å². The lowest BCUT2D eigenvalue weighted by Gasteiger charge is -2.07. The SMILES string of the molecule is CCOC(=O)c1ccc(S(=O)(=O)Oc2cccc(F)c2)cc1. The molecule has 0 heterocycles. The molecule has 0 aromatic heterocycles. The van der Waals surface area contributed by atoms with E-state index in [1.54, 1.807) is 6.92 Å². The van der Waals surface area contributed by atoms with Crippen molar-refractivity contribution in [1.82, 2.24) is 0 Å². The number of hydrogen-bond donors (Lipinski definition) is 0. The second kappa shape index (κ2) is 6.57. The van der Waals surface area contributed by atoms with Crippen molar-refractivity contribution < 1.29 is 26.5 Å². The normalized spacial score (nSPS) is 11.0. The van der Waals surface area contributed by atoms with Gasteiger partial charge in [-0.15, -0.1) is 0 Å². The molecule has 0 aliphatic rings. The van der Waals surface area contributed by atoms with E-state index >= 15 is 0 Å². The van der Waals surface area contributed by atoms with Crippen LogP contribution in [0.25, 0.3) is 0 Å². The molecule has 2 rings (SSSR count). The molecule has 2 aromatic rings. The van der Waals surface area contributed by atoms with Gasteiger partial charge in [0.25, 0.3) is 0 Å². The Morgan fingerprint density at radius 1 is 1.14 bits per heavy atom. The van der Waals surface area contributed by atoms with Crippen LogP contribution in [0.3, 0.4) is 0 Å². The van der Waals surface area contributed by atoms with Crippen molar-refractivity contribution in [3.63, 3.8) is 0 Å². The molecule has 0 amide bonds. The Bertz CT molecular complexity index is 769. The number of rotatable bonds is 5. The second-order valence-corrected chi connectivity index (χ2v) is 5.79. The second-order valence-electron chi connectivity index (χ2n) is 4.24. The van der Waals surface area contributed by atoms with E-state index in [-0.39, 0.29) is 22.8 Å². The molecule has 0 aliphatic carbocycles. The summed E-state index contributed by atoms with van der Waals surface area (Å²) in [5.41, 5.74) is 0.228. The van der Waals surface area contributed by atoms with Gasteiger partial charge in [0.2, 0.25) is 0 Å². The van der Waals surface area contributed by atoms with Crippen molar-refractivity contribution in [2.75, 3.05) is 6.61 Å². The maximum absolute atomic E-state index is 13.0. The van der Waals surface area contributed by atoms with E-state index in [2.05, 4.69) is 0 Å². The average molecular weight is 324 g/mol. The fourth-order valence-corrected chi connectivity index (χ4v) is 2.59. The van der Waals surface area contributed by atoms with Crippen molar-refractivity contribution in [2.45, 2.75) is 11.8 Å². The third-order valence-corrected chi connectivity index (χ3v) is 3.92. The summed E-state index contributed by atoms with van der Waals surface area (Å²) >= 11 is 0. The molecule has 0 spiro atoms. The van der Waals surface area contributed by atoms with E-state index in [1.807, 2.05) is 0 Å². The molecule has 0 bridgehead atoms. The third-order valence-electron chi connectivity index (χ3n) is 2.66. The highest BCUT2D eigenvalue weighted by Gasteiger charge is 2.18. The van der Waals surface area contributed by atoms with Crippen LogP contribution in [0.5, 0.6) is 5.75 Å². The van der Waals surface area contributed by atoms with Gasteiger partial charge < -0.3 is 8.92 Å². The van der Waals surface area contributed by atoms with Gasteiger partial charge in [0.05, 0.1) is 12.2 Å². The Labute approximate surface area is 127 Å². The molecule has 2 aromatic carbocycles. The van der Waals surface area contributed by atoms with E-state index in [9.17, 15) is 17.6 Å². The largest absolute Gasteiger partial charge is 0.462 e. The maximum atomic E-state index is 13.0. The molecule has 22 heavy (non-hydrogen) atoms. The molecule has 7 heteroatoms. The Hall–Kier alpha value is -2.41. The van der Waals surface area contributed by atoms with E-state index in [0.717, 1.165) is 6.07 Å².